The summed E-state index contributed by atoms with van der Waals surface area (Å²) in [6.45, 7) is 1.93. The van der Waals surface area contributed by atoms with Crippen molar-refractivity contribution in [3.8, 4) is 17.4 Å². The third-order valence-corrected chi connectivity index (χ3v) is 4.29. The van der Waals surface area contributed by atoms with E-state index in [4.69, 9.17) is 4.74 Å². The van der Waals surface area contributed by atoms with Crippen molar-refractivity contribution >= 4 is 22.5 Å². The van der Waals surface area contributed by atoms with Crippen molar-refractivity contribution in [3.05, 3.63) is 60.0 Å². The molecule has 0 spiro atoms. The smallest absolute Gasteiger partial charge is 0.433 e. The minimum atomic E-state index is -4.51. The van der Waals surface area contributed by atoms with Gasteiger partial charge in [-0.3, -0.25) is 4.98 Å². The van der Waals surface area contributed by atoms with E-state index in [2.05, 4.69) is 30.2 Å². The predicted octanol–water partition coefficient (Wildman–Crippen LogP) is 4.56. The van der Waals surface area contributed by atoms with Crippen LogP contribution in [0, 0.1) is 6.92 Å². The van der Waals surface area contributed by atoms with E-state index in [0.717, 1.165) is 23.5 Å². The molecule has 7 nitrogen and oxygen atoms in total. The molecule has 30 heavy (non-hydrogen) atoms. The number of methoxy groups -OCH3 is 1. The molecule has 4 rings (SSSR count). The van der Waals surface area contributed by atoms with Crippen molar-refractivity contribution in [2.24, 2.45) is 0 Å². The number of nitrogens with one attached hydrogen (secondary N) is 1. The van der Waals surface area contributed by atoms with E-state index in [-0.39, 0.29) is 6.01 Å². The minimum Gasteiger partial charge on any atom is -0.467 e. The van der Waals surface area contributed by atoms with Crippen LogP contribution in [0.5, 0.6) is 6.01 Å². The van der Waals surface area contributed by atoms with Gasteiger partial charge in [-0.15, -0.1) is 0 Å². The normalized spacial score (nSPS) is 11.5. The van der Waals surface area contributed by atoms with Crippen molar-refractivity contribution < 1.29 is 17.9 Å². The Morgan fingerprint density at radius 2 is 1.80 bits per heavy atom. The van der Waals surface area contributed by atoms with Crippen LogP contribution in [-0.4, -0.2) is 32.0 Å². The van der Waals surface area contributed by atoms with E-state index in [1.54, 1.807) is 18.3 Å². The SMILES string of the molecule is COc1nc(Nc2ccc(C(F)(F)F)nc2)c2ccc(-c3ncccc3C)nc2n1. The zero-order valence-electron chi connectivity index (χ0n) is 15.9. The van der Waals surface area contributed by atoms with Gasteiger partial charge in [0.1, 0.15) is 11.5 Å². The van der Waals surface area contributed by atoms with E-state index in [1.165, 1.54) is 13.2 Å². The van der Waals surface area contributed by atoms with Crippen LogP contribution < -0.4 is 10.1 Å². The zero-order chi connectivity index (χ0) is 21.3. The number of pyridine rings is 3. The van der Waals surface area contributed by atoms with Crippen molar-refractivity contribution in [1.29, 1.82) is 0 Å². The van der Waals surface area contributed by atoms with Crippen LogP contribution in [0.1, 0.15) is 11.3 Å². The van der Waals surface area contributed by atoms with Gasteiger partial charge in [0.15, 0.2) is 5.65 Å². The topological polar surface area (TPSA) is 85.7 Å². The van der Waals surface area contributed by atoms with Crippen LogP contribution in [0.25, 0.3) is 22.4 Å². The lowest BCUT2D eigenvalue weighted by Gasteiger charge is -2.12. The van der Waals surface area contributed by atoms with Gasteiger partial charge in [0, 0.05) is 6.20 Å². The third kappa shape index (κ3) is 3.84. The summed E-state index contributed by atoms with van der Waals surface area (Å²) in [5.74, 6) is 0.329. The second-order valence-electron chi connectivity index (χ2n) is 6.35. The molecule has 0 saturated carbocycles. The van der Waals surface area contributed by atoms with E-state index in [1.807, 2.05) is 19.1 Å². The molecule has 0 fully saturated rings. The van der Waals surface area contributed by atoms with Crippen LogP contribution in [0.15, 0.2) is 48.8 Å². The minimum absolute atomic E-state index is 0.0623. The van der Waals surface area contributed by atoms with Gasteiger partial charge in [-0.2, -0.15) is 23.1 Å². The van der Waals surface area contributed by atoms with Gasteiger partial charge in [0.25, 0.3) is 0 Å². The fraction of sp³-hybridized carbons (Fsp3) is 0.150. The summed E-state index contributed by atoms with van der Waals surface area (Å²) in [7, 11) is 1.41. The molecule has 152 valence electrons. The summed E-state index contributed by atoms with van der Waals surface area (Å²) in [4.78, 5) is 20.9. The lowest BCUT2D eigenvalue weighted by atomic mass is 10.1. The van der Waals surface area contributed by atoms with E-state index < -0.39 is 11.9 Å². The molecule has 0 amide bonds. The molecule has 1 N–H and O–H groups in total. The van der Waals surface area contributed by atoms with Gasteiger partial charge in [0.2, 0.25) is 0 Å². The Morgan fingerprint density at radius 3 is 2.47 bits per heavy atom. The number of rotatable bonds is 4. The molecule has 0 aromatic carbocycles. The zero-order valence-corrected chi connectivity index (χ0v) is 15.9. The standard InChI is InChI=1S/C20H15F3N6O/c1-11-4-3-9-24-16(11)14-7-6-13-17(28-19(30-2)29-18(13)27-14)26-12-5-8-15(25-10-12)20(21,22)23/h3-10H,1-2H3,(H,26,27,28,29). The van der Waals surface area contributed by atoms with Crippen molar-refractivity contribution in [3.63, 3.8) is 0 Å². The third-order valence-electron chi connectivity index (χ3n) is 4.29. The first-order valence-corrected chi connectivity index (χ1v) is 8.80. The van der Waals surface area contributed by atoms with Gasteiger partial charge < -0.3 is 10.1 Å². The fourth-order valence-corrected chi connectivity index (χ4v) is 2.83. The Hall–Kier alpha value is -3.82. The Bertz CT molecular complexity index is 1210. The maximum Gasteiger partial charge on any atom is 0.433 e. The van der Waals surface area contributed by atoms with Crippen LogP contribution in [-0.2, 0) is 6.18 Å². The highest BCUT2D eigenvalue weighted by molar-refractivity contribution is 5.90. The molecule has 10 heteroatoms. The Morgan fingerprint density at radius 1 is 0.967 bits per heavy atom. The van der Waals surface area contributed by atoms with Crippen molar-refractivity contribution in [2.75, 3.05) is 12.4 Å². The maximum atomic E-state index is 12.7. The summed E-state index contributed by atoms with van der Waals surface area (Å²) in [5.41, 5.74) is 2.01. The fourth-order valence-electron chi connectivity index (χ4n) is 2.83. The second kappa shape index (κ2) is 7.54. The first-order chi connectivity index (χ1) is 14.3. The van der Waals surface area contributed by atoms with E-state index in [9.17, 15) is 13.2 Å². The van der Waals surface area contributed by atoms with Crippen molar-refractivity contribution in [2.45, 2.75) is 13.1 Å². The van der Waals surface area contributed by atoms with Crippen LogP contribution >= 0.6 is 0 Å². The molecule has 0 unspecified atom stereocenters. The molecule has 4 aromatic rings. The first kappa shape index (κ1) is 19.5. The number of alkyl halides is 3. The number of nitrogens with zero attached hydrogens (tertiary/aromatic N) is 5. The number of aromatic nitrogens is 5. The lowest BCUT2D eigenvalue weighted by molar-refractivity contribution is -0.141. The number of aryl methyl sites for hydroxylation is 1. The van der Waals surface area contributed by atoms with Crippen LogP contribution in [0.4, 0.5) is 24.7 Å². The number of ether oxygens (including phenoxy) is 1. The van der Waals surface area contributed by atoms with Gasteiger partial charge in [-0.05, 0) is 42.8 Å². The number of fused-ring (bicyclic) bond motifs is 1. The monoisotopic (exact) mass is 412 g/mol. The molecular formula is C20H15F3N6O. The first-order valence-electron chi connectivity index (χ1n) is 8.80. The Kier molecular flexibility index (Phi) is 4.90. The Balaban J connectivity index is 1.75. The average Bonchev–Trinajstić information content (AvgIpc) is 2.73. The highest BCUT2D eigenvalue weighted by atomic mass is 19.4. The van der Waals surface area contributed by atoms with Gasteiger partial charge in [-0.1, -0.05) is 6.07 Å². The number of halogens is 3. The Labute approximate surface area is 169 Å². The average molecular weight is 412 g/mol. The van der Waals surface area contributed by atoms with E-state index >= 15 is 0 Å². The highest BCUT2D eigenvalue weighted by Gasteiger charge is 2.32. The van der Waals surface area contributed by atoms with E-state index in [0.29, 0.717) is 28.2 Å². The number of hydrogen-bond donors (Lipinski definition) is 1. The summed E-state index contributed by atoms with van der Waals surface area (Å²) in [5, 5.41) is 3.52. The van der Waals surface area contributed by atoms with Gasteiger partial charge >= 0.3 is 12.2 Å². The van der Waals surface area contributed by atoms with Gasteiger partial charge in [-0.25, -0.2) is 9.97 Å². The van der Waals surface area contributed by atoms with Crippen LogP contribution in [0.2, 0.25) is 0 Å². The molecule has 0 aliphatic heterocycles. The lowest BCUT2D eigenvalue weighted by Crippen LogP contribution is -2.08. The molecule has 0 aliphatic carbocycles. The van der Waals surface area contributed by atoms with Crippen molar-refractivity contribution in [1.82, 2.24) is 24.9 Å². The summed E-state index contributed by atoms with van der Waals surface area (Å²) < 4.78 is 43.3. The molecule has 0 aliphatic rings. The molecule has 0 bridgehead atoms. The predicted molar refractivity (Wildman–Crippen MR) is 104 cm³/mol. The maximum absolute atomic E-state index is 12.7. The molecule has 0 saturated heterocycles. The summed E-state index contributed by atoms with van der Waals surface area (Å²) in [6, 6.07) is 9.55. The second-order valence-corrected chi connectivity index (χ2v) is 6.35. The molecular weight excluding hydrogens is 397 g/mol. The molecule has 4 heterocycles. The quantitative estimate of drug-likeness (QED) is 0.526. The number of anilines is 2. The molecule has 4 aromatic heterocycles. The van der Waals surface area contributed by atoms with Gasteiger partial charge in [0.05, 0.1) is 35.8 Å². The molecule has 0 radical (unpaired) electrons. The largest absolute Gasteiger partial charge is 0.467 e. The summed E-state index contributed by atoms with van der Waals surface area (Å²) >= 11 is 0. The molecule has 0 atom stereocenters. The van der Waals surface area contributed by atoms with Crippen LogP contribution in [0.3, 0.4) is 0 Å². The highest BCUT2D eigenvalue weighted by Crippen LogP contribution is 2.30. The number of hydrogen-bond acceptors (Lipinski definition) is 7. The summed E-state index contributed by atoms with van der Waals surface area (Å²) in [6.07, 6.45) is -1.74.